The molecule has 132 valence electrons. The Bertz CT molecular complexity index is 758. The van der Waals surface area contributed by atoms with E-state index in [0.717, 1.165) is 24.8 Å². The number of hydrogen-bond donors (Lipinski definition) is 1. The summed E-state index contributed by atoms with van der Waals surface area (Å²) in [5.74, 6) is 0.479. The van der Waals surface area contributed by atoms with Crippen molar-refractivity contribution in [1.82, 2.24) is 9.88 Å². The lowest BCUT2D eigenvalue weighted by Crippen LogP contribution is -2.41. The first-order valence-electron chi connectivity index (χ1n) is 8.81. The number of fused-ring (bicyclic) bond motifs is 1. The molecule has 2 heterocycles. The topological polar surface area (TPSA) is 66.6 Å². The number of benzene rings is 1. The first-order chi connectivity index (χ1) is 12.1. The van der Waals surface area contributed by atoms with E-state index in [1.165, 1.54) is 18.6 Å². The monoisotopic (exact) mass is 344 g/mol. The number of halogens is 1. The lowest BCUT2D eigenvalue weighted by Gasteiger charge is -2.32. The molecule has 0 bridgehead atoms. The molecule has 0 amide bonds. The molecule has 1 aliphatic carbocycles. The van der Waals surface area contributed by atoms with Crippen LogP contribution in [0, 0.1) is 11.7 Å². The summed E-state index contributed by atoms with van der Waals surface area (Å²) in [6.45, 7) is 0.402. The number of hydrogen-bond acceptors (Lipinski definition) is 4. The van der Waals surface area contributed by atoms with E-state index in [4.69, 9.17) is 4.42 Å². The van der Waals surface area contributed by atoms with Crippen molar-refractivity contribution in [2.75, 3.05) is 0 Å². The van der Waals surface area contributed by atoms with Crippen LogP contribution in [0.3, 0.4) is 0 Å². The molecule has 1 saturated heterocycles. The van der Waals surface area contributed by atoms with Crippen LogP contribution in [-0.2, 0) is 11.3 Å². The van der Waals surface area contributed by atoms with Gasteiger partial charge >= 0.3 is 5.97 Å². The average Bonchev–Trinajstić information content (AvgIpc) is 3.21. The fourth-order valence-electron chi connectivity index (χ4n) is 4.31. The van der Waals surface area contributed by atoms with Crippen molar-refractivity contribution in [2.24, 2.45) is 5.92 Å². The maximum Gasteiger partial charge on any atom is 0.320 e. The molecule has 0 spiro atoms. The number of carboxylic acids is 1. The van der Waals surface area contributed by atoms with Gasteiger partial charge in [0.25, 0.3) is 0 Å². The first-order valence-corrected chi connectivity index (χ1v) is 8.81. The molecular formula is C19H21FN2O3. The zero-order chi connectivity index (χ0) is 17.4. The maximum absolute atomic E-state index is 13.0. The van der Waals surface area contributed by atoms with Gasteiger partial charge in [-0.1, -0.05) is 12.8 Å². The summed E-state index contributed by atoms with van der Waals surface area (Å²) in [5.41, 5.74) is 0.756. The Hall–Kier alpha value is -2.21. The highest BCUT2D eigenvalue weighted by molar-refractivity contribution is 5.74. The van der Waals surface area contributed by atoms with Crippen LogP contribution >= 0.6 is 0 Å². The number of nitrogens with zero attached hydrogens (tertiary/aromatic N) is 2. The number of likely N-dealkylation sites (tertiary alicyclic amines) is 1. The van der Waals surface area contributed by atoms with E-state index in [1.807, 2.05) is 4.90 Å². The van der Waals surface area contributed by atoms with Gasteiger partial charge in [0.05, 0.1) is 12.7 Å². The average molecular weight is 344 g/mol. The first kappa shape index (κ1) is 16.3. The predicted molar refractivity (Wildman–Crippen MR) is 89.2 cm³/mol. The van der Waals surface area contributed by atoms with Crippen molar-refractivity contribution in [3.8, 4) is 11.3 Å². The lowest BCUT2D eigenvalue weighted by atomic mass is 9.85. The summed E-state index contributed by atoms with van der Waals surface area (Å²) in [4.78, 5) is 18.0. The van der Waals surface area contributed by atoms with Crippen molar-refractivity contribution in [2.45, 2.75) is 50.7 Å². The molecule has 2 fully saturated rings. The number of carboxylic acid groups (broad SMARTS) is 1. The van der Waals surface area contributed by atoms with E-state index in [1.54, 1.807) is 18.3 Å². The van der Waals surface area contributed by atoms with E-state index in [2.05, 4.69) is 4.98 Å². The van der Waals surface area contributed by atoms with E-state index >= 15 is 0 Å². The second-order valence-corrected chi connectivity index (χ2v) is 7.00. The molecule has 5 nitrogen and oxygen atoms in total. The molecule has 1 aromatic heterocycles. The zero-order valence-electron chi connectivity index (χ0n) is 13.9. The Labute approximate surface area is 145 Å². The van der Waals surface area contributed by atoms with Crippen LogP contribution in [0.15, 0.2) is 34.9 Å². The molecule has 25 heavy (non-hydrogen) atoms. The molecule has 0 radical (unpaired) electrons. The minimum Gasteiger partial charge on any atom is -0.480 e. The SMILES string of the molecule is O=C(O)[C@@H]1C[C@@H]2CCCC[C@@H]2N1Cc1ncc(-c2ccc(F)cc2)o1. The van der Waals surface area contributed by atoms with Gasteiger partial charge in [0.15, 0.2) is 5.76 Å². The van der Waals surface area contributed by atoms with Gasteiger partial charge in [-0.2, -0.15) is 0 Å². The Balaban J connectivity index is 1.54. The minimum absolute atomic E-state index is 0.298. The van der Waals surface area contributed by atoms with Crippen molar-refractivity contribution >= 4 is 5.97 Å². The highest BCUT2D eigenvalue weighted by atomic mass is 19.1. The number of aromatic nitrogens is 1. The molecule has 2 aliphatic rings. The Morgan fingerprint density at radius 1 is 1.28 bits per heavy atom. The smallest absolute Gasteiger partial charge is 0.320 e. The van der Waals surface area contributed by atoms with Crippen LogP contribution in [0.1, 0.15) is 38.0 Å². The summed E-state index contributed by atoms with van der Waals surface area (Å²) in [6, 6.07) is 5.89. The summed E-state index contributed by atoms with van der Waals surface area (Å²) in [6.07, 6.45) is 6.82. The largest absolute Gasteiger partial charge is 0.480 e. The van der Waals surface area contributed by atoms with Gasteiger partial charge in [-0.15, -0.1) is 0 Å². The Kier molecular flexibility index (Phi) is 4.29. The summed E-state index contributed by atoms with van der Waals surface area (Å²) < 4.78 is 18.9. The van der Waals surface area contributed by atoms with Crippen molar-refractivity contribution in [3.63, 3.8) is 0 Å². The standard InChI is InChI=1S/C19H21FN2O3/c20-14-7-5-12(6-8-14)17-10-21-18(25-17)11-22-15-4-2-1-3-13(15)9-16(22)19(23)24/h5-8,10,13,15-16H,1-4,9,11H2,(H,23,24)/t13-,15-,16-/m0/s1. The molecule has 0 unspecified atom stereocenters. The molecule has 3 atom stereocenters. The normalized spacial score (nSPS) is 26.5. The van der Waals surface area contributed by atoms with E-state index < -0.39 is 12.0 Å². The molecule has 1 aromatic carbocycles. The van der Waals surface area contributed by atoms with Crippen LogP contribution in [0.2, 0.25) is 0 Å². The van der Waals surface area contributed by atoms with Crippen molar-refractivity contribution < 1.29 is 18.7 Å². The third-order valence-corrected chi connectivity index (χ3v) is 5.51. The van der Waals surface area contributed by atoms with Crippen molar-refractivity contribution in [1.29, 1.82) is 0 Å². The van der Waals surface area contributed by atoms with E-state index in [9.17, 15) is 14.3 Å². The summed E-state index contributed by atoms with van der Waals surface area (Å²) in [7, 11) is 0. The highest BCUT2D eigenvalue weighted by Crippen LogP contribution is 2.40. The van der Waals surface area contributed by atoms with Crippen LogP contribution in [-0.4, -0.2) is 33.0 Å². The lowest BCUT2D eigenvalue weighted by molar-refractivity contribution is -0.143. The van der Waals surface area contributed by atoms with E-state index in [0.29, 0.717) is 36.6 Å². The number of aliphatic carboxylic acids is 1. The maximum atomic E-state index is 13.0. The zero-order valence-corrected chi connectivity index (χ0v) is 13.9. The van der Waals surface area contributed by atoms with Gasteiger partial charge in [0, 0.05) is 11.6 Å². The van der Waals surface area contributed by atoms with Gasteiger partial charge < -0.3 is 9.52 Å². The van der Waals surface area contributed by atoms with Crippen LogP contribution in [0.25, 0.3) is 11.3 Å². The van der Waals surface area contributed by atoms with Gasteiger partial charge in [-0.25, -0.2) is 9.37 Å². The van der Waals surface area contributed by atoms with Crippen LogP contribution < -0.4 is 0 Å². The van der Waals surface area contributed by atoms with Gasteiger partial charge in [-0.3, -0.25) is 9.69 Å². The molecule has 1 N–H and O–H groups in total. The van der Waals surface area contributed by atoms with Crippen LogP contribution in [0.5, 0.6) is 0 Å². The van der Waals surface area contributed by atoms with Gasteiger partial charge in [0.1, 0.15) is 11.9 Å². The quantitative estimate of drug-likeness (QED) is 0.916. The summed E-state index contributed by atoms with van der Waals surface area (Å²) in [5, 5.41) is 9.59. The molecule has 4 rings (SSSR count). The van der Waals surface area contributed by atoms with Gasteiger partial charge in [-0.05, 0) is 49.4 Å². The third-order valence-electron chi connectivity index (χ3n) is 5.51. The predicted octanol–water partition coefficient (Wildman–Crippen LogP) is 3.70. The fraction of sp³-hybridized carbons (Fsp3) is 0.474. The Morgan fingerprint density at radius 2 is 2.04 bits per heavy atom. The second-order valence-electron chi connectivity index (χ2n) is 7.00. The number of oxazole rings is 1. The molecule has 1 saturated carbocycles. The second kappa shape index (κ2) is 6.59. The highest BCUT2D eigenvalue weighted by Gasteiger charge is 2.45. The van der Waals surface area contributed by atoms with Crippen LogP contribution in [0.4, 0.5) is 4.39 Å². The van der Waals surface area contributed by atoms with E-state index in [-0.39, 0.29) is 5.82 Å². The van der Waals surface area contributed by atoms with Gasteiger partial charge in [0.2, 0.25) is 5.89 Å². The molecule has 2 aromatic rings. The minimum atomic E-state index is -0.764. The Morgan fingerprint density at radius 3 is 2.80 bits per heavy atom. The van der Waals surface area contributed by atoms with Crippen molar-refractivity contribution in [3.05, 3.63) is 42.2 Å². The molecular weight excluding hydrogens is 323 g/mol. The fourth-order valence-corrected chi connectivity index (χ4v) is 4.31. The number of carbonyl (C=O) groups is 1. The number of rotatable bonds is 4. The third kappa shape index (κ3) is 3.18. The summed E-state index contributed by atoms with van der Waals surface area (Å²) >= 11 is 0. The molecule has 6 heteroatoms. The molecule has 1 aliphatic heterocycles.